The van der Waals surface area contributed by atoms with Gasteiger partial charge in [0.1, 0.15) is 35.2 Å². The van der Waals surface area contributed by atoms with Crippen molar-refractivity contribution in [1.82, 2.24) is 14.9 Å². The van der Waals surface area contributed by atoms with Gasteiger partial charge in [0.05, 0.1) is 28.7 Å². The highest BCUT2D eigenvalue weighted by atomic mass is 35.5. The third kappa shape index (κ3) is 5.07. The number of aliphatic hydroxyl groups is 1. The van der Waals surface area contributed by atoms with Gasteiger partial charge in [-0.2, -0.15) is 5.10 Å². The standard InChI is InChI=1S/C30H30Cl2N4O5/c1-16(2)36-25(12-24(33-36)29(37)38)35-14-30(39,15-35)21-10-9-19(11-23(21)32)40-13-20-27(34-41-28(20)18-7-8-18)26-17(3)5-4-6-22(26)31/h4-6,9-12,16,18,39H,7-8,13-15H2,1-3H3,(H,37,38). The second kappa shape index (κ2) is 10.4. The minimum Gasteiger partial charge on any atom is -0.489 e. The van der Waals surface area contributed by atoms with Crippen LogP contribution in [0.15, 0.2) is 47.0 Å². The Balaban J connectivity index is 1.20. The van der Waals surface area contributed by atoms with E-state index in [0.717, 1.165) is 35.3 Å². The number of hydrogen-bond donors (Lipinski definition) is 2. The van der Waals surface area contributed by atoms with E-state index in [1.54, 1.807) is 22.9 Å². The first-order valence-electron chi connectivity index (χ1n) is 13.5. The Morgan fingerprint density at radius 3 is 2.56 bits per heavy atom. The van der Waals surface area contributed by atoms with E-state index >= 15 is 0 Å². The highest BCUT2D eigenvalue weighted by Crippen LogP contribution is 2.46. The maximum Gasteiger partial charge on any atom is 0.356 e. The van der Waals surface area contributed by atoms with E-state index < -0.39 is 11.6 Å². The molecule has 1 saturated carbocycles. The molecule has 2 aromatic carbocycles. The molecule has 2 N–H and O–H groups in total. The molecule has 1 aliphatic heterocycles. The van der Waals surface area contributed by atoms with Crippen molar-refractivity contribution in [1.29, 1.82) is 0 Å². The number of ether oxygens (including phenoxy) is 1. The van der Waals surface area contributed by atoms with Crippen LogP contribution in [0, 0.1) is 6.92 Å². The van der Waals surface area contributed by atoms with Crippen LogP contribution in [0.1, 0.15) is 71.6 Å². The molecule has 0 amide bonds. The Morgan fingerprint density at radius 1 is 1.17 bits per heavy atom. The van der Waals surface area contributed by atoms with E-state index in [4.69, 9.17) is 32.5 Å². The van der Waals surface area contributed by atoms with Crippen molar-refractivity contribution in [2.24, 2.45) is 0 Å². The predicted octanol–water partition coefficient (Wildman–Crippen LogP) is 6.60. The molecule has 9 nitrogen and oxygen atoms in total. The molecule has 41 heavy (non-hydrogen) atoms. The Bertz CT molecular complexity index is 1620. The summed E-state index contributed by atoms with van der Waals surface area (Å²) in [5.74, 6) is 1.26. The summed E-state index contributed by atoms with van der Waals surface area (Å²) in [6, 6.07) is 12.5. The van der Waals surface area contributed by atoms with Gasteiger partial charge in [0.2, 0.25) is 0 Å². The van der Waals surface area contributed by atoms with Gasteiger partial charge in [-0.05, 0) is 57.4 Å². The maximum atomic E-state index is 11.5. The highest BCUT2D eigenvalue weighted by molar-refractivity contribution is 6.33. The van der Waals surface area contributed by atoms with Crippen LogP contribution in [0.3, 0.4) is 0 Å². The molecule has 2 aromatic heterocycles. The molecular formula is C30H30Cl2N4O5. The second-order valence-electron chi connectivity index (χ2n) is 11.1. The molecule has 0 spiro atoms. The van der Waals surface area contributed by atoms with Crippen LogP contribution in [-0.4, -0.2) is 44.2 Å². The number of anilines is 1. The molecule has 0 atom stereocenters. The first-order valence-corrected chi connectivity index (χ1v) is 14.3. The quantitative estimate of drug-likeness (QED) is 0.222. The molecule has 2 fully saturated rings. The molecule has 3 heterocycles. The number of carboxylic acids is 1. The fraction of sp³-hybridized carbons (Fsp3) is 0.367. The van der Waals surface area contributed by atoms with Crippen LogP contribution in [0.25, 0.3) is 11.3 Å². The molecule has 6 rings (SSSR count). The van der Waals surface area contributed by atoms with Crippen molar-refractivity contribution >= 4 is 35.0 Å². The summed E-state index contributed by atoms with van der Waals surface area (Å²) in [6.45, 7) is 6.57. The SMILES string of the molecule is Cc1cccc(Cl)c1-c1noc(C2CC2)c1COc1ccc(C2(O)CN(c3cc(C(=O)O)nn3C(C)C)C2)c(Cl)c1. The molecule has 2 aliphatic rings. The largest absolute Gasteiger partial charge is 0.489 e. The van der Waals surface area contributed by atoms with Gasteiger partial charge in [-0.15, -0.1) is 0 Å². The summed E-state index contributed by atoms with van der Waals surface area (Å²) < 4.78 is 13.6. The summed E-state index contributed by atoms with van der Waals surface area (Å²) in [6.07, 6.45) is 2.10. The van der Waals surface area contributed by atoms with Crippen molar-refractivity contribution in [3.63, 3.8) is 0 Å². The van der Waals surface area contributed by atoms with E-state index in [-0.39, 0.29) is 31.4 Å². The Kier molecular flexibility index (Phi) is 7.00. The van der Waals surface area contributed by atoms with Crippen molar-refractivity contribution in [2.45, 2.75) is 57.8 Å². The topological polar surface area (TPSA) is 114 Å². The fourth-order valence-corrected chi connectivity index (χ4v) is 6.06. The van der Waals surface area contributed by atoms with Gasteiger partial charge >= 0.3 is 5.97 Å². The number of aromatic nitrogens is 3. The van der Waals surface area contributed by atoms with Crippen molar-refractivity contribution in [3.05, 3.63) is 80.7 Å². The number of benzene rings is 2. The number of aromatic carboxylic acids is 1. The summed E-state index contributed by atoms with van der Waals surface area (Å²) in [7, 11) is 0. The number of carboxylic acid groups (broad SMARTS) is 1. The molecule has 0 radical (unpaired) electrons. The number of aryl methyl sites for hydroxylation is 1. The van der Waals surface area contributed by atoms with Crippen molar-refractivity contribution < 1.29 is 24.3 Å². The van der Waals surface area contributed by atoms with Gasteiger partial charge in [-0.1, -0.05) is 46.6 Å². The van der Waals surface area contributed by atoms with E-state index in [9.17, 15) is 15.0 Å². The lowest BCUT2D eigenvalue weighted by Gasteiger charge is -2.48. The zero-order valence-electron chi connectivity index (χ0n) is 22.9. The average molecular weight is 597 g/mol. The number of hydrogen-bond acceptors (Lipinski definition) is 7. The lowest BCUT2D eigenvalue weighted by Crippen LogP contribution is -2.60. The molecule has 1 aliphatic carbocycles. The molecule has 214 valence electrons. The van der Waals surface area contributed by atoms with Crippen LogP contribution in [0.4, 0.5) is 5.82 Å². The molecule has 0 unspecified atom stereocenters. The fourth-order valence-electron chi connectivity index (χ4n) is 5.40. The van der Waals surface area contributed by atoms with Crippen molar-refractivity contribution in [3.8, 4) is 17.0 Å². The Labute approximate surface area is 247 Å². The third-order valence-corrected chi connectivity index (χ3v) is 8.33. The number of nitrogens with zero attached hydrogens (tertiary/aromatic N) is 4. The van der Waals surface area contributed by atoms with Crippen LogP contribution in [0.2, 0.25) is 10.0 Å². The van der Waals surface area contributed by atoms with E-state index in [0.29, 0.717) is 38.8 Å². The van der Waals surface area contributed by atoms with Gasteiger partial charge in [-0.3, -0.25) is 0 Å². The van der Waals surface area contributed by atoms with Crippen LogP contribution < -0.4 is 9.64 Å². The lowest BCUT2D eigenvalue weighted by atomic mass is 9.86. The monoisotopic (exact) mass is 596 g/mol. The van der Waals surface area contributed by atoms with Gasteiger partial charge in [-0.25, -0.2) is 9.48 Å². The molecule has 1 saturated heterocycles. The van der Waals surface area contributed by atoms with E-state index in [1.165, 1.54) is 6.07 Å². The normalized spacial score (nSPS) is 16.2. The van der Waals surface area contributed by atoms with Gasteiger partial charge in [0.15, 0.2) is 5.69 Å². The number of halogens is 2. The van der Waals surface area contributed by atoms with Crippen LogP contribution in [0.5, 0.6) is 5.75 Å². The first kappa shape index (κ1) is 27.6. The lowest BCUT2D eigenvalue weighted by molar-refractivity contribution is 0.00649. The van der Waals surface area contributed by atoms with Gasteiger partial charge in [0, 0.05) is 29.2 Å². The summed E-state index contributed by atoms with van der Waals surface area (Å²) in [5.41, 5.74) is 2.74. The minimum atomic E-state index is -1.20. The van der Waals surface area contributed by atoms with E-state index in [2.05, 4.69) is 10.3 Å². The zero-order valence-corrected chi connectivity index (χ0v) is 24.4. The van der Waals surface area contributed by atoms with Crippen LogP contribution >= 0.6 is 23.2 Å². The summed E-state index contributed by atoms with van der Waals surface area (Å²) in [4.78, 5) is 13.4. The molecule has 4 aromatic rings. The smallest absolute Gasteiger partial charge is 0.356 e. The summed E-state index contributed by atoms with van der Waals surface area (Å²) in [5, 5.41) is 30.3. The molecular weight excluding hydrogens is 567 g/mol. The Morgan fingerprint density at radius 2 is 1.93 bits per heavy atom. The number of carbonyl (C=O) groups is 1. The third-order valence-electron chi connectivity index (χ3n) is 7.70. The second-order valence-corrected chi connectivity index (χ2v) is 11.9. The minimum absolute atomic E-state index is 0.0332. The van der Waals surface area contributed by atoms with Crippen LogP contribution in [-0.2, 0) is 12.2 Å². The van der Waals surface area contributed by atoms with Gasteiger partial charge in [0.25, 0.3) is 0 Å². The highest BCUT2D eigenvalue weighted by Gasteiger charge is 2.45. The summed E-state index contributed by atoms with van der Waals surface area (Å²) >= 11 is 13.2. The Hall–Kier alpha value is -3.53. The number of rotatable bonds is 9. The zero-order chi connectivity index (χ0) is 29.1. The number of β-amino-alcohol motifs (C(OH)–C–C–N with tert-alkyl or cyclic N) is 1. The molecule has 11 heteroatoms. The first-order chi connectivity index (χ1) is 19.6. The average Bonchev–Trinajstić information content (AvgIpc) is 3.50. The molecule has 0 bridgehead atoms. The predicted molar refractivity (Wildman–Crippen MR) is 155 cm³/mol. The van der Waals surface area contributed by atoms with E-state index in [1.807, 2.05) is 43.9 Å². The maximum absolute atomic E-state index is 11.5. The van der Waals surface area contributed by atoms with Gasteiger partial charge < -0.3 is 24.4 Å². The van der Waals surface area contributed by atoms with Crippen molar-refractivity contribution in [2.75, 3.05) is 18.0 Å².